The van der Waals surface area contributed by atoms with Crippen LogP contribution in [0.15, 0.2) is 18.2 Å². The van der Waals surface area contributed by atoms with Crippen molar-refractivity contribution in [2.75, 3.05) is 0 Å². The fraction of sp³-hybridized carbons (Fsp3) is 0.385. The van der Waals surface area contributed by atoms with Crippen molar-refractivity contribution in [1.29, 1.82) is 0 Å². The van der Waals surface area contributed by atoms with E-state index in [-0.39, 0.29) is 17.7 Å². The molecule has 3 unspecified atom stereocenters. The number of hydrogen-bond donors (Lipinski definition) is 2. The smallest absolute Gasteiger partial charge is 0.325 e. The summed E-state index contributed by atoms with van der Waals surface area (Å²) in [5, 5.41) is 12.1. The Labute approximate surface area is 120 Å². The molecular formula is C13H13Cl2NO3. The van der Waals surface area contributed by atoms with Crippen molar-refractivity contribution in [2.45, 2.75) is 25.3 Å². The summed E-state index contributed by atoms with van der Waals surface area (Å²) in [6.07, 6.45) is 0.665. The number of aliphatic carboxylic acids is 1. The monoisotopic (exact) mass is 301 g/mol. The standard InChI is InChI=1S/C13H13Cl2NO3/c1-6(13(18)19)16-12(17)9-5-8(9)7-3-2-4-10(14)11(7)15/h2-4,6,8-9H,5H2,1H3,(H,16,17)(H,18,19). The molecule has 0 radical (unpaired) electrons. The van der Waals surface area contributed by atoms with Crippen LogP contribution in [-0.2, 0) is 9.59 Å². The Morgan fingerprint density at radius 2 is 2.11 bits per heavy atom. The fourth-order valence-corrected chi connectivity index (χ4v) is 2.47. The highest BCUT2D eigenvalue weighted by atomic mass is 35.5. The molecule has 0 aliphatic heterocycles. The van der Waals surface area contributed by atoms with Crippen LogP contribution in [-0.4, -0.2) is 23.0 Å². The molecule has 0 bridgehead atoms. The topological polar surface area (TPSA) is 66.4 Å². The minimum absolute atomic E-state index is 0.0206. The summed E-state index contributed by atoms with van der Waals surface area (Å²) < 4.78 is 0. The lowest BCUT2D eigenvalue weighted by atomic mass is 10.1. The molecule has 3 atom stereocenters. The molecule has 0 aromatic heterocycles. The first kappa shape index (κ1) is 14.2. The number of halogens is 2. The van der Waals surface area contributed by atoms with Gasteiger partial charge in [0, 0.05) is 5.92 Å². The van der Waals surface area contributed by atoms with Crippen LogP contribution in [0.4, 0.5) is 0 Å². The lowest BCUT2D eigenvalue weighted by Gasteiger charge is -2.09. The molecule has 1 saturated carbocycles. The average molecular weight is 302 g/mol. The lowest BCUT2D eigenvalue weighted by Crippen LogP contribution is -2.39. The molecule has 1 aliphatic rings. The van der Waals surface area contributed by atoms with E-state index in [1.165, 1.54) is 6.92 Å². The van der Waals surface area contributed by atoms with Crippen LogP contribution in [0.1, 0.15) is 24.8 Å². The molecule has 1 fully saturated rings. The largest absolute Gasteiger partial charge is 0.480 e. The summed E-state index contributed by atoms with van der Waals surface area (Å²) in [6.45, 7) is 1.43. The molecule has 1 aromatic rings. The number of carboxylic acid groups (broad SMARTS) is 1. The van der Waals surface area contributed by atoms with Gasteiger partial charge in [0.1, 0.15) is 6.04 Å². The Bertz CT molecular complexity index is 533. The van der Waals surface area contributed by atoms with Crippen LogP contribution in [0.25, 0.3) is 0 Å². The van der Waals surface area contributed by atoms with Crippen LogP contribution in [0, 0.1) is 5.92 Å². The summed E-state index contributed by atoms with van der Waals surface area (Å²) in [5.41, 5.74) is 0.845. The van der Waals surface area contributed by atoms with E-state index in [9.17, 15) is 9.59 Å². The second-order valence-corrected chi connectivity index (χ2v) is 5.45. The molecule has 0 spiro atoms. The van der Waals surface area contributed by atoms with Crippen LogP contribution in [0.3, 0.4) is 0 Å². The van der Waals surface area contributed by atoms with Crippen molar-refractivity contribution in [2.24, 2.45) is 5.92 Å². The van der Waals surface area contributed by atoms with Crippen molar-refractivity contribution < 1.29 is 14.7 Å². The van der Waals surface area contributed by atoms with Crippen LogP contribution in [0.5, 0.6) is 0 Å². The van der Waals surface area contributed by atoms with Gasteiger partial charge in [-0.3, -0.25) is 9.59 Å². The summed E-state index contributed by atoms with van der Waals surface area (Å²) in [6, 6.07) is 4.43. The molecule has 6 heteroatoms. The summed E-state index contributed by atoms with van der Waals surface area (Å²) in [4.78, 5) is 22.5. The van der Waals surface area contributed by atoms with Gasteiger partial charge < -0.3 is 10.4 Å². The van der Waals surface area contributed by atoms with Gasteiger partial charge in [-0.2, -0.15) is 0 Å². The van der Waals surface area contributed by atoms with Crippen molar-refractivity contribution in [3.05, 3.63) is 33.8 Å². The Kier molecular flexibility index (Phi) is 4.02. The van der Waals surface area contributed by atoms with Gasteiger partial charge in [-0.05, 0) is 30.9 Å². The molecule has 1 aromatic carbocycles. The van der Waals surface area contributed by atoms with Gasteiger partial charge in [0.05, 0.1) is 10.0 Å². The first-order valence-corrected chi connectivity index (χ1v) is 6.64. The number of nitrogens with one attached hydrogen (secondary N) is 1. The van der Waals surface area contributed by atoms with E-state index in [2.05, 4.69) is 5.32 Å². The average Bonchev–Trinajstić information content (AvgIpc) is 3.12. The first-order chi connectivity index (χ1) is 8.91. The zero-order valence-corrected chi connectivity index (χ0v) is 11.7. The number of amides is 1. The number of rotatable bonds is 4. The molecule has 2 rings (SSSR count). The van der Waals surface area contributed by atoms with Gasteiger partial charge in [0.2, 0.25) is 5.91 Å². The SMILES string of the molecule is CC(NC(=O)C1CC1c1cccc(Cl)c1Cl)C(=O)O. The third-order valence-electron chi connectivity index (χ3n) is 3.24. The van der Waals surface area contributed by atoms with E-state index in [4.69, 9.17) is 28.3 Å². The Balaban J connectivity index is 2.03. The van der Waals surface area contributed by atoms with Crippen LogP contribution >= 0.6 is 23.2 Å². The number of hydrogen-bond acceptors (Lipinski definition) is 2. The van der Waals surface area contributed by atoms with Gasteiger partial charge in [-0.25, -0.2) is 0 Å². The predicted molar refractivity (Wildman–Crippen MR) is 72.6 cm³/mol. The quantitative estimate of drug-likeness (QED) is 0.898. The Morgan fingerprint density at radius 3 is 2.74 bits per heavy atom. The fourth-order valence-electron chi connectivity index (χ4n) is 2.02. The van der Waals surface area contributed by atoms with Crippen molar-refractivity contribution >= 4 is 35.1 Å². The van der Waals surface area contributed by atoms with Gasteiger partial charge in [-0.1, -0.05) is 35.3 Å². The van der Waals surface area contributed by atoms with E-state index < -0.39 is 12.0 Å². The second-order valence-electron chi connectivity index (χ2n) is 4.66. The minimum atomic E-state index is -1.05. The predicted octanol–water partition coefficient (Wildman–Crippen LogP) is 2.69. The molecular weight excluding hydrogens is 289 g/mol. The van der Waals surface area contributed by atoms with Crippen molar-refractivity contribution in [3.8, 4) is 0 Å². The molecule has 102 valence electrons. The van der Waals surface area contributed by atoms with Gasteiger partial charge in [0.25, 0.3) is 0 Å². The second kappa shape index (κ2) is 5.39. The van der Waals surface area contributed by atoms with E-state index >= 15 is 0 Å². The van der Waals surface area contributed by atoms with Crippen molar-refractivity contribution in [1.82, 2.24) is 5.32 Å². The van der Waals surface area contributed by atoms with E-state index in [0.29, 0.717) is 16.5 Å². The zero-order chi connectivity index (χ0) is 14.2. The molecule has 0 saturated heterocycles. The van der Waals surface area contributed by atoms with Gasteiger partial charge in [0.15, 0.2) is 0 Å². The molecule has 0 heterocycles. The third kappa shape index (κ3) is 3.01. The normalized spacial score (nSPS) is 22.7. The summed E-state index contributed by atoms with van der Waals surface area (Å²) in [5.74, 6) is -1.51. The maximum Gasteiger partial charge on any atom is 0.325 e. The highest BCUT2D eigenvalue weighted by Gasteiger charge is 2.45. The van der Waals surface area contributed by atoms with E-state index in [1.807, 2.05) is 6.07 Å². The molecule has 19 heavy (non-hydrogen) atoms. The number of carbonyl (C=O) groups is 2. The molecule has 1 amide bonds. The third-order valence-corrected chi connectivity index (χ3v) is 4.07. The minimum Gasteiger partial charge on any atom is -0.480 e. The summed E-state index contributed by atoms with van der Waals surface area (Å²) in [7, 11) is 0. The van der Waals surface area contributed by atoms with Crippen LogP contribution < -0.4 is 5.32 Å². The summed E-state index contributed by atoms with van der Waals surface area (Å²) >= 11 is 12.0. The number of benzene rings is 1. The Hall–Kier alpha value is -1.26. The van der Waals surface area contributed by atoms with E-state index in [1.54, 1.807) is 12.1 Å². The lowest BCUT2D eigenvalue weighted by molar-refractivity contribution is -0.141. The Morgan fingerprint density at radius 1 is 1.42 bits per heavy atom. The first-order valence-electron chi connectivity index (χ1n) is 5.89. The number of carboxylic acids is 1. The molecule has 4 nitrogen and oxygen atoms in total. The highest BCUT2D eigenvalue weighted by molar-refractivity contribution is 6.42. The van der Waals surface area contributed by atoms with Gasteiger partial charge >= 0.3 is 5.97 Å². The zero-order valence-electron chi connectivity index (χ0n) is 10.2. The van der Waals surface area contributed by atoms with Crippen LogP contribution in [0.2, 0.25) is 10.0 Å². The highest BCUT2D eigenvalue weighted by Crippen LogP contribution is 2.50. The molecule has 2 N–H and O–H groups in total. The van der Waals surface area contributed by atoms with E-state index in [0.717, 1.165) is 5.56 Å². The maximum absolute atomic E-state index is 11.8. The van der Waals surface area contributed by atoms with Crippen molar-refractivity contribution in [3.63, 3.8) is 0 Å². The van der Waals surface area contributed by atoms with Gasteiger partial charge in [-0.15, -0.1) is 0 Å². The number of carbonyl (C=O) groups excluding carboxylic acids is 1. The molecule has 1 aliphatic carbocycles. The maximum atomic E-state index is 11.8.